The summed E-state index contributed by atoms with van der Waals surface area (Å²) in [6.07, 6.45) is 5.94. The molecule has 3 N–H and O–H groups in total. The first-order valence-electron chi connectivity index (χ1n) is 9.36. The van der Waals surface area contributed by atoms with Gasteiger partial charge in [-0.3, -0.25) is 4.90 Å². The molecule has 2 aliphatic rings. The van der Waals surface area contributed by atoms with Gasteiger partial charge in [0.15, 0.2) is 0 Å². The molecule has 0 aliphatic carbocycles. The molecule has 0 aromatic carbocycles. The molecular weight excluding hydrogens is 346 g/mol. The van der Waals surface area contributed by atoms with E-state index in [-0.39, 0.29) is 12.1 Å². The van der Waals surface area contributed by atoms with Gasteiger partial charge in [-0.25, -0.2) is 9.97 Å². The van der Waals surface area contributed by atoms with Gasteiger partial charge in [0.2, 0.25) is 17.8 Å². The summed E-state index contributed by atoms with van der Waals surface area (Å²) in [5, 5.41) is 3.22. The molecular formula is C17H25N9O. The van der Waals surface area contributed by atoms with Crippen LogP contribution in [0.5, 0.6) is 0 Å². The minimum Gasteiger partial charge on any atom is -0.376 e. The first-order valence-corrected chi connectivity index (χ1v) is 9.36. The first kappa shape index (κ1) is 17.8. The SMILES string of the molecule is Nc1nc(CN2CCN(c3ncccn3)CC2)nc(NCC2CCCO2)n1. The molecule has 0 amide bonds. The summed E-state index contributed by atoms with van der Waals surface area (Å²) in [5.41, 5.74) is 5.87. The second-order valence-electron chi connectivity index (χ2n) is 6.76. The summed E-state index contributed by atoms with van der Waals surface area (Å²) < 4.78 is 5.62. The van der Waals surface area contributed by atoms with Crippen molar-refractivity contribution in [2.75, 3.05) is 55.3 Å². The van der Waals surface area contributed by atoms with Crippen molar-refractivity contribution in [2.45, 2.75) is 25.5 Å². The number of ether oxygens (including phenoxy) is 1. The molecule has 4 heterocycles. The Kier molecular flexibility index (Phi) is 5.54. The van der Waals surface area contributed by atoms with Crippen LogP contribution in [-0.2, 0) is 11.3 Å². The summed E-state index contributed by atoms with van der Waals surface area (Å²) in [4.78, 5) is 26.1. The minimum absolute atomic E-state index is 0.222. The fourth-order valence-electron chi connectivity index (χ4n) is 3.36. The van der Waals surface area contributed by atoms with Crippen molar-refractivity contribution in [2.24, 2.45) is 0 Å². The van der Waals surface area contributed by atoms with Gasteiger partial charge in [0.05, 0.1) is 12.6 Å². The van der Waals surface area contributed by atoms with Crippen molar-refractivity contribution >= 4 is 17.8 Å². The largest absolute Gasteiger partial charge is 0.376 e. The molecule has 0 radical (unpaired) electrons. The van der Waals surface area contributed by atoms with Gasteiger partial charge in [-0.1, -0.05) is 0 Å². The normalized spacial score (nSPS) is 20.7. The monoisotopic (exact) mass is 371 g/mol. The number of rotatable bonds is 6. The second kappa shape index (κ2) is 8.40. The summed E-state index contributed by atoms with van der Waals surface area (Å²) in [7, 11) is 0. The predicted octanol–water partition coefficient (Wildman–Crippen LogP) is 0.157. The Hall–Kier alpha value is -2.59. The Bertz CT molecular complexity index is 730. The molecule has 0 bridgehead atoms. The Morgan fingerprint density at radius 3 is 2.67 bits per heavy atom. The van der Waals surface area contributed by atoms with Crippen molar-refractivity contribution in [3.63, 3.8) is 0 Å². The molecule has 2 aromatic heterocycles. The van der Waals surface area contributed by atoms with Crippen molar-refractivity contribution < 1.29 is 4.74 Å². The van der Waals surface area contributed by atoms with Crippen molar-refractivity contribution in [1.29, 1.82) is 0 Å². The number of nitrogens with two attached hydrogens (primary N) is 1. The second-order valence-corrected chi connectivity index (χ2v) is 6.76. The summed E-state index contributed by atoms with van der Waals surface area (Å²) in [6, 6.07) is 1.83. The van der Waals surface area contributed by atoms with Gasteiger partial charge in [-0.05, 0) is 18.9 Å². The van der Waals surface area contributed by atoms with E-state index in [1.54, 1.807) is 12.4 Å². The highest BCUT2D eigenvalue weighted by molar-refractivity contribution is 5.31. The number of nitrogen functional groups attached to an aromatic ring is 1. The molecule has 1 atom stereocenters. The van der Waals surface area contributed by atoms with Crippen molar-refractivity contribution in [3.05, 3.63) is 24.3 Å². The fourth-order valence-corrected chi connectivity index (χ4v) is 3.36. The standard InChI is InChI=1S/C17H25N9O/c18-15-22-14(23-16(24-15)21-11-13-3-1-10-27-13)12-25-6-8-26(9-7-25)17-19-4-2-5-20-17/h2,4-5,13H,1,3,6-12H2,(H3,18,21,22,23,24). The third-order valence-corrected chi connectivity index (χ3v) is 4.78. The quantitative estimate of drug-likeness (QED) is 0.726. The number of piperazine rings is 1. The van der Waals surface area contributed by atoms with Crippen LogP contribution < -0.4 is 16.0 Å². The van der Waals surface area contributed by atoms with E-state index in [1.165, 1.54) is 0 Å². The number of anilines is 3. The molecule has 27 heavy (non-hydrogen) atoms. The van der Waals surface area contributed by atoms with Gasteiger partial charge in [0.25, 0.3) is 0 Å². The Morgan fingerprint density at radius 1 is 1.11 bits per heavy atom. The van der Waals surface area contributed by atoms with Gasteiger partial charge in [-0.15, -0.1) is 0 Å². The zero-order valence-electron chi connectivity index (χ0n) is 15.3. The molecule has 10 nitrogen and oxygen atoms in total. The topological polar surface area (TPSA) is 118 Å². The lowest BCUT2D eigenvalue weighted by Crippen LogP contribution is -2.46. The first-order chi connectivity index (χ1) is 13.3. The van der Waals surface area contributed by atoms with E-state index in [9.17, 15) is 0 Å². The minimum atomic E-state index is 0.222. The lowest BCUT2D eigenvalue weighted by atomic mass is 10.2. The average molecular weight is 371 g/mol. The summed E-state index contributed by atoms with van der Waals surface area (Å²) in [5.74, 6) is 2.22. The molecule has 2 aromatic rings. The Labute approximate surface area is 158 Å². The van der Waals surface area contributed by atoms with Crippen LogP contribution >= 0.6 is 0 Å². The lowest BCUT2D eigenvalue weighted by molar-refractivity contribution is 0.120. The van der Waals surface area contributed by atoms with Crippen LogP contribution in [0, 0.1) is 0 Å². The smallest absolute Gasteiger partial charge is 0.227 e. The van der Waals surface area contributed by atoms with E-state index in [0.29, 0.717) is 24.9 Å². The predicted molar refractivity (Wildman–Crippen MR) is 101 cm³/mol. The van der Waals surface area contributed by atoms with Crippen LogP contribution in [-0.4, -0.2) is 75.3 Å². The molecule has 0 saturated carbocycles. The molecule has 2 fully saturated rings. The van der Waals surface area contributed by atoms with Crippen molar-refractivity contribution in [1.82, 2.24) is 29.8 Å². The maximum atomic E-state index is 5.87. The van der Waals surface area contributed by atoms with Crippen LogP contribution in [0.4, 0.5) is 17.8 Å². The molecule has 0 spiro atoms. The van der Waals surface area contributed by atoms with Crippen LogP contribution in [0.15, 0.2) is 18.5 Å². The summed E-state index contributed by atoms with van der Waals surface area (Å²) >= 11 is 0. The highest BCUT2D eigenvalue weighted by Crippen LogP contribution is 2.14. The maximum Gasteiger partial charge on any atom is 0.227 e. The van der Waals surface area contributed by atoms with Gasteiger partial charge in [0, 0.05) is 51.7 Å². The number of aromatic nitrogens is 5. The van der Waals surface area contributed by atoms with Gasteiger partial charge < -0.3 is 20.7 Å². The third kappa shape index (κ3) is 4.77. The zero-order chi connectivity index (χ0) is 18.5. The van der Waals surface area contributed by atoms with Crippen LogP contribution in [0.25, 0.3) is 0 Å². The van der Waals surface area contributed by atoms with E-state index in [0.717, 1.165) is 51.6 Å². The van der Waals surface area contributed by atoms with E-state index in [4.69, 9.17) is 10.5 Å². The van der Waals surface area contributed by atoms with Crippen LogP contribution in [0.1, 0.15) is 18.7 Å². The number of nitrogens with one attached hydrogen (secondary N) is 1. The van der Waals surface area contributed by atoms with Crippen LogP contribution in [0.2, 0.25) is 0 Å². The molecule has 1 unspecified atom stereocenters. The van der Waals surface area contributed by atoms with E-state index >= 15 is 0 Å². The fraction of sp³-hybridized carbons (Fsp3) is 0.588. The maximum absolute atomic E-state index is 5.87. The van der Waals surface area contributed by atoms with Gasteiger partial charge in [-0.2, -0.15) is 15.0 Å². The molecule has 2 saturated heterocycles. The van der Waals surface area contributed by atoms with Gasteiger partial charge >= 0.3 is 0 Å². The van der Waals surface area contributed by atoms with E-state index in [2.05, 4.69) is 40.0 Å². The van der Waals surface area contributed by atoms with E-state index in [1.807, 2.05) is 6.07 Å². The lowest BCUT2D eigenvalue weighted by Gasteiger charge is -2.34. The highest BCUT2D eigenvalue weighted by Gasteiger charge is 2.20. The third-order valence-electron chi connectivity index (χ3n) is 4.78. The number of hydrogen-bond acceptors (Lipinski definition) is 10. The van der Waals surface area contributed by atoms with E-state index < -0.39 is 0 Å². The molecule has 10 heteroatoms. The van der Waals surface area contributed by atoms with Crippen LogP contribution in [0.3, 0.4) is 0 Å². The zero-order valence-corrected chi connectivity index (χ0v) is 15.3. The van der Waals surface area contributed by atoms with Crippen molar-refractivity contribution in [3.8, 4) is 0 Å². The average Bonchev–Trinajstić information content (AvgIpc) is 3.21. The molecule has 2 aliphatic heterocycles. The molecule has 4 rings (SSSR count). The van der Waals surface area contributed by atoms with Gasteiger partial charge in [0.1, 0.15) is 5.82 Å². The highest BCUT2D eigenvalue weighted by atomic mass is 16.5. The summed E-state index contributed by atoms with van der Waals surface area (Å²) in [6.45, 7) is 5.69. The number of hydrogen-bond donors (Lipinski definition) is 2. The molecule has 144 valence electrons. The number of nitrogens with zero attached hydrogens (tertiary/aromatic N) is 7. The Balaban J connectivity index is 1.31. The Morgan fingerprint density at radius 2 is 1.93 bits per heavy atom.